The summed E-state index contributed by atoms with van der Waals surface area (Å²) in [6.45, 7) is 8.53. The maximum Gasteiger partial charge on any atom is 0.244 e. The Labute approximate surface area is 154 Å². The van der Waals surface area contributed by atoms with Gasteiger partial charge in [0.25, 0.3) is 0 Å². The molecule has 2 N–H and O–H groups in total. The van der Waals surface area contributed by atoms with Crippen molar-refractivity contribution in [3.8, 4) is 0 Å². The number of nitrogens with one attached hydrogen (secondary N) is 2. The predicted octanol–water partition coefficient (Wildman–Crippen LogP) is 4.47. The van der Waals surface area contributed by atoms with Crippen LogP contribution >= 0.6 is 0 Å². The minimum absolute atomic E-state index is 0.113. The Balaban J connectivity index is 1.63. The van der Waals surface area contributed by atoms with Gasteiger partial charge < -0.3 is 4.98 Å². The molecule has 0 saturated heterocycles. The van der Waals surface area contributed by atoms with Gasteiger partial charge in [-0.15, -0.1) is 0 Å². The Kier molecular flexibility index (Phi) is 4.94. The van der Waals surface area contributed by atoms with Gasteiger partial charge in [-0.25, -0.2) is 5.43 Å². The van der Waals surface area contributed by atoms with Crippen molar-refractivity contribution in [3.63, 3.8) is 0 Å². The summed E-state index contributed by atoms with van der Waals surface area (Å²) < 4.78 is 0. The number of carbonyl (C=O) groups is 1. The summed E-state index contributed by atoms with van der Waals surface area (Å²) in [5, 5.41) is 5.23. The predicted molar refractivity (Wildman–Crippen MR) is 108 cm³/mol. The lowest BCUT2D eigenvalue weighted by Crippen LogP contribution is -2.20. The van der Waals surface area contributed by atoms with E-state index in [-0.39, 0.29) is 11.3 Å². The fraction of sp³-hybridized carbons (Fsp3) is 0.273. The standard InChI is InChI=1S/C22H25N3O/c1-15-19(18-7-5-6-8-20(18)24-15)14-23-25-21(26)13-16-9-11-17(12-10-16)22(2,3)4/h5-12,14,24H,13H2,1-4H3,(H,25,26)/b23-14-. The van der Waals surface area contributed by atoms with E-state index in [1.807, 2.05) is 43.3 Å². The molecular weight excluding hydrogens is 322 g/mol. The molecule has 0 aliphatic rings. The lowest BCUT2D eigenvalue weighted by molar-refractivity contribution is -0.120. The van der Waals surface area contributed by atoms with Gasteiger partial charge in [0.05, 0.1) is 12.6 Å². The second kappa shape index (κ2) is 7.16. The van der Waals surface area contributed by atoms with E-state index in [1.165, 1.54) is 5.56 Å². The lowest BCUT2D eigenvalue weighted by atomic mass is 9.86. The van der Waals surface area contributed by atoms with E-state index in [9.17, 15) is 4.79 Å². The molecule has 26 heavy (non-hydrogen) atoms. The summed E-state index contributed by atoms with van der Waals surface area (Å²) in [4.78, 5) is 15.5. The number of aromatic amines is 1. The van der Waals surface area contributed by atoms with Crippen molar-refractivity contribution < 1.29 is 4.79 Å². The Morgan fingerprint density at radius 3 is 2.50 bits per heavy atom. The molecule has 3 rings (SSSR count). The first-order valence-corrected chi connectivity index (χ1v) is 8.83. The summed E-state index contributed by atoms with van der Waals surface area (Å²) in [6.07, 6.45) is 2.02. The molecule has 0 aliphatic carbocycles. The van der Waals surface area contributed by atoms with Crippen LogP contribution in [0.25, 0.3) is 10.9 Å². The van der Waals surface area contributed by atoms with Gasteiger partial charge in [0.15, 0.2) is 0 Å². The van der Waals surface area contributed by atoms with E-state index in [4.69, 9.17) is 0 Å². The lowest BCUT2D eigenvalue weighted by Gasteiger charge is -2.19. The largest absolute Gasteiger partial charge is 0.358 e. The molecule has 0 fully saturated rings. The molecule has 0 bridgehead atoms. The van der Waals surface area contributed by atoms with Crippen molar-refractivity contribution in [1.82, 2.24) is 10.4 Å². The Bertz CT molecular complexity index is 944. The molecule has 0 atom stereocenters. The number of rotatable bonds is 4. The first kappa shape index (κ1) is 17.9. The molecule has 1 aromatic heterocycles. The van der Waals surface area contributed by atoms with E-state index in [2.05, 4.69) is 48.4 Å². The first-order valence-electron chi connectivity index (χ1n) is 8.83. The van der Waals surface area contributed by atoms with E-state index < -0.39 is 0 Å². The Hall–Kier alpha value is -2.88. The van der Waals surface area contributed by atoms with E-state index in [1.54, 1.807) is 6.21 Å². The zero-order chi connectivity index (χ0) is 18.7. The highest BCUT2D eigenvalue weighted by atomic mass is 16.2. The van der Waals surface area contributed by atoms with Crippen LogP contribution in [-0.2, 0) is 16.6 Å². The number of benzene rings is 2. The minimum Gasteiger partial charge on any atom is -0.358 e. The van der Waals surface area contributed by atoms with Crippen LogP contribution in [0.1, 0.15) is 43.2 Å². The van der Waals surface area contributed by atoms with Crippen LogP contribution in [0.4, 0.5) is 0 Å². The van der Waals surface area contributed by atoms with E-state index >= 15 is 0 Å². The highest BCUT2D eigenvalue weighted by Crippen LogP contribution is 2.22. The summed E-state index contributed by atoms with van der Waals surface area (Å²) >= 11 is 0. The van der Waals surface area contributed by atoms with Gasteiger partial charge in [-0.3, -0.25) is 4.79 Å². The van der Waals surface area contributed by atoms with Crippen molar-refractivity contribution in [2.45, 2.75) is 39.5 Å². The van der Waals surface area contributed by atoms with Gasteiger partial charge >= 0.3 is 0 Å². The second-order valence-corrected chi connectivity index (χ2v) is 7.63. The molecule has 4 nitrogen and oxygen atoms in total. The smallest absolute Gasteiger partial charge is 0.244 e. The monoisotopic (exact) mass is 347 g/mol. The van der Waals surface area contributed by atoms with Gasteiger partial charge in [-0.1, -0.05) is 63.2 Å². The molecule has 3 aromatic rings. The van der Waals surface area contributed by atoms with Crippen LogP contribution in [0.5, 0.6) is 0 Å². The summed E-state index contributed by atoms with van der Waals surface area (Å²) in [5.74, 6) is -0.123. The van der Waals surface area contributed by atoms with Crippen LogP contribution in [0.2, 0.25) is 0 Å². The number of aromatic nitrogens is 1. The van der Waals surface area contributed by atoms with Crippen molar-refractivity contribution >= 4 is 23.0 Å². The Morgan fingerprint density at radius 1 is 1.12 bits per heavy atom. The molecule has 0 radical (unpaired) electrons. The third-order valence-electron chi connectivity index (χ3n) is 4.51. The second-order valence-electron chi connectivity index (χ2n) is 7.63. The number of nitrogens with zero attached hydrogens (tertiary/aromatic N) is 1. The fourth-order valence-corrected chi connectivity index (χ4v) is 2.98. The average molecular weight is 347 g/mol. The van der Waals surface area contributed by atoms with Crippen LogP contribution in [0.3, 0.4) is 0 Å². The molecule has 1 heterocycles. The number of fused-ring (bicyclic) bond motifs is 1. The maximum atomic E-state index is 12.1. The summed E-state index contributed by atoms with van der Waals surface area (Å²) in [6, 6.07) is 16.2. The van der Waals surface area contributed by atoms with Crippen LogP contribution < -0.4 is 5.43 Å². The zero-order valence-corrected chi connectivity index (χ0v) is 15.8. The SMILES string of the molecule is Cc1[nH]c2ccccc2c1/C=N\NC(=O)Cc1ccc(C(C)(C)C)cc1. The van der Waals surface area contributed by atoms with Crippen molar-refractivity contribution in [3.05, 3.63) is 70.9 Å². The number of carbonyl (C=O) groups excluding carboxylic acids is 1. The molecular formula is C22H25N3O. The van der Waals surface area contributed by atoms with Crippen LogP contribution in [0.15, 0.2) is 53.6 Å². The topological polar surface area (TPSA) is 57.2 Å². The first-order chi connectivity index (χ1) is 12.3. The Morgan fingerprint density at radius 2 is 1.81 bits per heavy atom. The molecule has 134 valence electrons. The molecule has 1 amide bonds. The molecule has 0 aliphatic heterocycles. The minimum atomic E-state index is -0.123. The molecule has 0 spiro atoms. The number of amides is 1. The average Bonchev–Trinajstić information content (AvgIpc) is 2.90. The molecule has 4 heteroatoms. The van der Waals surface area contributed by atoms with E-state index in [0.717, 1.165) is 27.7 Å². The third-order valence-corrected chi connectivity index (χ3v) is 4.51. The normalized spacial score (nSPS) is 12.0. The van der Waals surface area contributed by atoms with Gasteiger partial charge in [-0.2, -0.15) is 5.10 Å². The van der Waals surface area contributed by atoms with Crippen molar-refractivity contribution in [2.75, 3.05) is 0 Å². The van der Waals surface area contributed by atoms with E-state index in [0.29, 0.717) is 6.42 Å². The molecule has 2 aromatic carbocycles. The summed E-state index contributed by atoms with van der Waals surface area (Å²) in [5.41, 5.74) is 8.07. The molecule has 0 unspecified atom stereocenters. The third kappa shape index (κ3) is 4.02. The number of hydrazone groups is 1. The van der Waals surface area contributed by atoms with Gasteiger partial charge in [0, 0.05) is 22.2 Å². The zero-order valence-electron chi connectivity index (χ0n) is 15.8. The maximum absolute atomic E-state index is 12.1. The van der Waals surface area contributed by atoms with Crippen LogP contribution in [0, 0.1) is 6.92 Å². The van der Waals surface area contributed by atoms with Crippen LogP contribution in [-0.4, -0.2) is 17.1 Å². The quantitative estimate of drug-likeness (QED) is 0.531. The highest BCUT2D eigenvalue weighted by Gasteiger charge is 2.13. The van der Waals surface area contributed by atoms with Crippen molar-refractivity contribution in [2.24, 2.45) is 5.10 Å². The van der Waals surface area contributed by atoms with Crippen molar-refractivity contribution in [1.29, 1.82) is 0 Å². The van der Waals surface area contributed by atoms with Gasteiger partial charge in [0.1, 0.15) is 0 Å². The summed E-state index contributed by atoms with van der Waals surface area (Å²) in [7, 11) is 0. The van der Waals surface area contributed by atoms with Gasteiger partial charge in [-0.05, 0) is 29.5 Å². The number of para-hydroxylation sites is 1. The highest BCUT2D eigenvalue weighted by molar-refractivity contribution is 6.00. The van der Waals surface area contributed by atoms with Gasteiger partial charge in [0.2, 0.25) is 5.91 Å². The number of hydrogen-bond acceptors (Lipinski definition) is 2. The molecule has 0 saturated carbocycles. The fourth-order valence-electron chi connectivity index (χ4n) is 2.98. The number of hydrogen-bond donors (Lipinski definition) is 2. The number of H-pyrrole nitrogens is 1. The number of aryl methyl sites for hydroxylation is 1.